The summed E-state index contributed by atoms with van der Waals surface area (Å²) < 4.78 is 7.19. The van der Waals surface area contributed by atoms with E-state index in [0.29, 0.717) is 11.0 Å². The third-order valence-corrected chi connectivity index (χ3v) is 5.83. The standard InChI is InChI=1S/C25H23N5O3S/c1-17-3-7-19(8-4-17)24-28-29-25(30(24)20-9-13-22(33-2)14-10-20)34-16-23(32)27-26-15-18-5-11-21(31)12-6-18/h3-15,31H,16H2,1-2H3,(H,27,32). The molecule has 0 aliphatic heterocycles. The number of nitrogens with one attached hydrogen (secondary N) is 1. The van der Waals surface area contributed by atoms with Crippen molar-refractivity contribution in [2.24, 2.45) is 5.10 Å². The fourth-order valence-electron chi connectivity index (χ4n) is 3.12. The molecule has 0 saturated carbocycles. The lowest BCUT2D eigenvalue weighted by Gasteiger charge is -2.11. The second-order valence-electron chi connectivity index (χ2n) is 7.38. The molecule has 3 aromatic carbocycles. The first-order chi connectivity index (χ1) is 16.5. The average molecular weight is 474 g/mol. The zero-order chi connectivity index (χ0) is 23.9. The largest absolute Gasteiger partial charge is 0.508 e. The van der Waals surface area contributed by atoms with Gasteiger partial charge in [0.2, 0.25) is 0 Å². The molecule has 1 aromatic heterocycles. The number of hydrazone groups is 1. The molecule has 172 valence electrons. The monoisotopic (exact) mass is 473 g/mol. The van der Waals surface area contributed by atoms with Crippen LogP contribution in [-0.4, -0.2) is 44.9 Å². The molecule has 34 heavy (non-hydrogen) atoms. The highest BCUT2D eigenvalue weighted by Gasteiger charge is 2.17. The number of hydrogen-bond acceptors (Lipinski definition) is 7. The molecule has 1 heterocycles. The van der Waals surface area contributed by atoms with E-state index in [1.807, 2.05) is 60.0 Å². The Balaban J connectivity index is 1.52. The van der Waals surface area contributed by atoms with Crippen LogP contribution in [0.15, 0.2) is 83.1 Å². The van der Waals surface area contributed by atoms with E-state index < -0.39 is 0 Å². The molecule has 0 fully saturated rings. The van der Waals surface area contributed by atoms with Gasteiger partial charge < -0.3 is 9.84 Å². The summed E-state index contributed by atoms with van der Waals surface area (Å²) in [5.74, 6) is 1.42. The summed E-state index contributed by atoms with van der Waals surface area (Å²) in [4.78, 5) is 12.3. The van der Waals surface area contributed by atoms with Gasteiger partial charge in [0.05, 0.1) is 19.1 Å². The Labute approximate surface area is 201 Å². The average Bonchev–Trinajstić information content (AvgIpc) is 3.28. The number of aromatic nitrogens is 3. The van der Waals surface area contributed by atoms with Crippen LogP contribution in [0.1, 0.15) is 11.1 Å². The van der Waals surface area contributed by atoms with Crippen LogP contribution in [0, 0.1) is 6.92 Å². The summed E-state index contributed by atoms with van der Waals surface area (Å²) in [7, 11) is 1.62. The van der Waals surface area contributed by atoms with E-state index in [2.05, 4.69) is 20.7 Å². The van der Waals surface area contributed by atoms with E-state index in [9.17, 15) is 9.90 Å². The molecule has 0 spiro atoms. The lowest BCUT2D eigenvalue weighted by atomic mass is 10.1. The summed E-state index contributed by atoms with van der Waals surface area (Å²) in [5, 5.41) is 22.6. The molecule has 4 rings (SSSR count). The van der Waals surface area contributed by atoms with Gasteiger partial charge in [0.1, 0.15) is 11.5 Å². The number of hydrogen-bond donors (Lipinski definition) is 2. The number of methoxy groups -OCH3 is 1. The lowest BCUT2D eigenvalue weighted by Crippen LogP contribution is -2.20. The van der Waals surface area contributed by atoms with Crippen molar-refractivity contribution in [3.63, 3.8) is 0 Å². The van der Waals surface area contributed by atoms with Crippen LogP contribution in [0.25, 0.3) is 17.1 Å². The van der Waals surface area contributed by atoms with Crippen LogP contribution >= 0.6 is 11.8 Å². The van der Waals surface area contributed by atoms with Crippen LogP contribution in [-0.2, 0) is 4.79 Å². The van der Waals surface area contributed by atoms with Crippen molar-refractivity contribution in [3.05, 3.63) is 83.9 Å². The number of benzene rings is 3. The number of aromatic hydroxyl groups is 1. The number of nitrogens with zero attached hydrogens (tertiary/aromatic N) is 4. The van der Waals surface area contributed by atoms with Gasteiger partial charge in [-0.2, -0.15) is 5.10 Å². The molecule has 1 amide bonds. The summed E-state index contributed by atoms with van der Waals surface area (Å²) in [5.41, 5.74) is 6.19. The zero-order valence-electron chi connectivity index (χ0n) is 18.7. The summed E-state index contributed by atoms with van der Waals surface area (Å²) >= 11 is 1.27. The SMILES string of the molecule is COc1ccc(-n2c(SCC(=O)NN=Cc3ccc(O)cc3)nnc2-c2ccc(C)cc2)cc1. The van der Waals surface area contributed by atoms with Gasteiger partial charge in [0.15, 0.2) is 11.0 Å². The number of amides is 1. The fourth-order valence-corrected chi connectivity index (χ4v) is 3.86. The van der Waals surface area contributed by atoms with Gasteiger partial charge in [-0.1, -0.05) is 41.6 Å². The van der Waals surface area contributed by atoms with Crippen molar-refractivity contribution in [2.75, 3.05) is 12.9 Å². The Bertz CT molecular complexity index is 1280. The van der Waals surface area contributed by atoms with Crippen molar-refractivity contribution in [1.29, 1.82) is 0 Å². The second-order valence-corrected chi connectivity index (χ2v) is 8.32. The minimum absolute atomic E-state index is 0.106. The molecule has 0 saturated heterocycles. The topological polar surface area (TPSA) is 102 Å². The highest BCUT2D eigenvalue weighted by atomic mass is 32.2. The fraction of sp³-hybridized carbons (Fsp3) is 0.120. The van der Waals surface area contributed by atoms with E-state index in [1.54, 1.807) is 31.4 Å². The van der Waals surface area contributed by atoms with Gasteiger partial charge in [-0.3, -0.25) is 9.36 Å². The maximum atomic E-state index is 12.3. The van der Waals surface area contributed by atoms with Gasteiger partial charge in [-0.15, -0.1) is 10.2 Å². The molecule has 9 heteroatoms. The zero-order valence-corrected chi connectivity index (χ0v) is 19.5. The first-order valence-electron chi connectivity index (χ1n) is 10.4. The maximum absolute atomic E-state index is 12.3. The third kappa shape index (κ3) is 5.62. The molecule has 0 aliphatic carbocycles. The molecular formula is C25H23N5O3S. The van der Waals surface area contributed by atoms with Crippen molar-refractivity contribution in [1.82, 2.24) is 20.2 Å². The lowest BCUT2D eigenvalue weighted by molar-refractivity contribution is -0.118. The van der Waals surface area contributed by atoms with Crippen LogP contribution in [0.4, 0.5) is 0 Å². The van der Waals surface area contributed by atoms with Crippen LogP contribution in [0.5, 0.6) is 11.5 Å². The van der Waals surface area contributed by atoms with E-state index in [0.717, 1.165) is 28.1 Å². The number of carbonyl (C=O) groups excluding carboxylic acids is 1. The van der Waals surface area contributed by atoms with E-state index in [4.69, 9.17) is 4.74 Å². The predicted molar refractivity (Wildman–Crippen MR) is 133 cm³/mol. The van der Waals surface area contributed by atoms with Gasteiger partial charge in [-0.25, -0.2) is 5.43 Å². The second kappa shape index (κ2) is 10.7. The Morgan fingerprint density at radius 2 is 1.76 bits per heavy atom. The number of thioether (sulfide) groups is 1. The van der Waals surface area contributed by atoms with Crippen molar-refractivity contribution < 1.29 is 14.6 Å². The Morgan fingerprint density at radius 3 is 2.44 bits per heavy atom. The van der Waals surface area contributed by atoms with E-state index in [-0.39, 0.29) is 17.4 Å². The molecule has 0 unspecified atom stereocenters. The normalized spacial score (nSPS) is 11.0. The number of phenolic OH excluding ortho intramolecular Hbond substituents is 1. The van der Waals surface area contributed by atoms with Crippen molar-refractivity contribution >= 4 is 23.9 Å². The first-order valence-corrected chi connectivity index (χ1v) is 11.4. The molecule has 4 aromatic rings. The smallest absolute Gasteiger partial charge is 0.250 e. The molecule has 0 radical (unpaired) electrons. The maximum Gasteiger partial charge on any atom is 0.250 e. The minimum atomic E-state index is -0.277. The van der Waals surface area contributed by atoms with Gasteiger partial charge >= 0.3 is 0 Å². The van der Waals surface area contributed by atoms with E-state index >= 15 is 0 Å². The predicted octanol–water partition coefficient (Wildman–Crippen LogP) is 4.20. The van der Waals surface area contributed by atoms with E-state index in [1.165, 1.54) is 18.0 Å². The number of aryl methyl sites for hydroxylation is 1. The highest BCUT2D eigenvalue weighted by Crippen LogP contribution is 2.29. The van der Waals surface area contributed by atoms with Gasteiger partial charge in [0, 0.05) is 11.3 Å². The number of phenols is 1. The summed E-state index contributed by atoms with van der Waals surface area (Å²) in [6, 6.07) is 22.1. The number of ether oxygens (including phenoxy) is 1. The molecule has 2 N–H and O–H groups in total. The Morgan fingerprint density at radius 1 is 1.06 bits per heavy atom. The molecule has 8 nitrogen and oxygen atoms in total. The van der Waals surface area contributed by atoms with Crippen LogP contribution in [0.3, 0.4) is 0 Å². The molecule has 0 bridgehead atoms. The molecule has 0 aliphatic rings. The molecule has 0 atom stereocenters. The van der Waals surface area contributed by atoms with Crippen molar-refractivity contribution in [3.8, 4) is 28.6 Å². The van der Waals surface area contributed by atoms with Crippen LogP contribution in [0.2, 0.25) is 0 Å². The quantitative estimate of drug-likeness (QED) is 0.226. The van der Waals surface area contributed by atoms with Crippen molar-refractivity contribution in [2.45, 2.75) is 12.1 Å². The number of carbonyl (C=O) groups is 1. The van der Waals surface area contributed by atoms with Gasteiger partial charge in [0.25, 0.3) is 5.91 Å². The Kier molecular flexibility index (Phi) is 7.24. The minimum Gasteiger partial charge on any atom is -0.508 e. The summed E-state index contributed by atoms with van der Waals surface area (Å²) in [6.45, 7) is 2.03. The first kappa shape index (κ1) is 23.1. The third-order valence-electron chi connectivity index (χ3n) is 4.90. The number of rotatable bonds is 8. The Hall–Kier alpha value is -4.11. The van der Waals surface area contributed by atoms with Crippen LogP contribution < -0.4 is 10.2 Å². The summed E-state index contributed by atoms with van der Waals surface area (Å²) in [6.07, 6.45) is 1.51. The molecular weight excluding hydrogens is 450 g/mol. The van der Waals surface area contributed by atoms with Gasteiger partial charge in [-0.05, 0) is 61.0 Å². The highest BCUT2D eigenvalue weighted by molar-refractivity contribution is 7.99.